The molecule has 1 aliphatic heterocycles. The fourth-order valence-corrected chi connectivity index (χ4v) is 3.37. The zero-order valence-corrected chi connectivity index (χ0v) is 14.0. The van der Waals surface area contributed by atoms with Crippen molar-refractivity contribution in [2.75, 3.05) is 13.1 Å². The number of nitrogens with zero attached hydrogens (tertiary/aromatic N) is 5. The third-order valence-corrected chi connectivity index (χ3v) is 4.59. The van der Waals surface area contributed by atoms with Gasteiger partial charge in [0.25, 0.3) is 0 Å². The number of aryl methyl sites for hydroxylation is 3. The van der Waals surface area contributed by atoms with Crippen LogP contribution in [0.1, 0.15) is 43.6 Å². The Morgan fingerprint density at radius 2 is 2.30 bits per heavy atom. The largest absolute Gasteiger partial charge is 0.341 e. The molecule has 0 N–H and O–H groups in total. The van der Waals surface area contributed by atoms with Gasteiger partial charge in [0.15, 0.2) is 0 Å². The summed E-state index contributed by atoms with van der Waals surface area (Å²) in [5.41, 5.74) is 1.12. The minimum Gasteiger partial charge on any atom is -0.341 e. The Balaban J connectivity index is 1.58. The van der Waals surface area contributed by atoms with Gasteiger partial charge in [0.05, 0.1) is 12.2 Å². The van der Waals surface area contributed by atoms with Crippen LogP contribution < -0.4 is 0 Å². The van der Waals surface area contributed by atoms with Crippen molar-refractivity contribution < 1.29 is 4.79 Å². The Bertz CT molecular complexity index is 659. The molecular formula is C17H25N5O. The highest BCUT2D eigenvalue weighted by Crippen LogP contribution is 2.23. The van der Waals surface area contributed by atoms with Crippen molar-refractivity contribution in [1.82, 2.24) is 24.2 Å². The highest BCUT2D eigenvalue weighted by atomic mass is 16.2. The third kappa shape index (κ3) is 3.63. The van der Waals surface area contributed by atoms with Crippen LogP contribution in [0.4, 0.5) is 0 Å². The van der Waals surface area contributed by atoms with Gasteiger partial charge >= 0.3 is 0 Å². The Kier molecular flexibility index (Phi) is 4.79. The van der Waals surface area contributed by atoms with Crippen molar-refractivity contribution >= 4 is 5.91 Å². The molecule has 6 heteroatoms. The van der Waals surface area contributed by atoms with E-state index >= 15 is 0 Å². The average molecular weight is 315 g/mol. The lowest BCUT2D eigenvalue weighted by Gasteiger charge is -2.34. The number of hydrogen-bond acceptors (Lipinski definition) is 3. The Morgan fingerprint density at radius 3 is 3.04 bits per heavy atom. The van der Waals surface area contributed by atoms with E-state index in [2.05, 4.69) is 21.6 Å². The van der Waals surface area contributed by atoms with E-state index < -0.39 is 0 Å². The number of likely N-dealkylation sites (tertiary alicyclic amines) is 1. The van der Waals surface area contributed by atoms with Gasteiger partial charge in [-0.15, -0.1) is 0 Å². The summed E-state index contributed by atoms with van der Waals surface area (Å²) in [6.07, 6.45) is 12.2. The number of imidazole rings is 1. The molecule has 3 rings (SSSR count). The molecule has 0 unspecified atom stereocenters. The highest BCUT2D eigenvalue weighted by molar-refractivity contribution is 5.76. The SMILES string of the molecule is CCc1nccn1[C@H]1CCCN(C(=O)CCc2cnn(C)c2)C1. The molecule has 0 saturated carbocycles. The van der Waals surface area contributed by atoms with Crippen LogP contribution >= 0.6 is 0 Å². The van der Waals surface area contributed by atoms with Crippen LogP contribution in [0.2, 0.25) is 0 Å². The first-order valence-electron chi connectivity index (χ1n) is 8.44. The maximum Gasteiger partial charge on any atom is 0.222 e. The maximum absolute atomic E-state index is 12.5. The van der Waals surface area contributed by atoms with Crippen molar-refractivity contribution in [3.05, 3.63) is 36.2 Å². The Hall–Kier alpha value is -2.11. The first-order valence-corrected chi connectivity index (χ1v) is 8.44. The summed E-state index contributed by atoms with van der Waals surface area (Å²) in [5, 5.41) is 4.15. The predicted molar refractivity (Wildman–Crippen MR) is 88.0 cm³/mol. The lowest BCUT2D eigenvalue weighted by Crippen LogP contribution is -2.41. The van der Waals surface area contributed by atoms with E-state index in [1.54, 1.807) is 4.68 Å². The molecule has 1 saturated heterocycles. The normalized spacial score (nSPS) is 18.3. The molecule has 1 fully saturated rings. The van der Waals surface area contributed by atoms with Crippen LogP contribution in [-0.2, 0) is 24.7 Å². The van der Waals surface area contributed by atoms with E-state index in [-0.39, 0.29) is 5.91 Å². The molecule has 1 aliphatic rings. The van der Waals surface area contributed by atoms with Crippen molar-refractivity contribution in [3.63, 3.8) is 0 Å². The molecule has 23 heavy (non-hydrogen) atoms. The van der Waals surface area contributed by atoms with E-state index in [1.165, 1.54) is 0 Å². The summed E-state index contributed by atoms with van der Waals surface area (Å²) in [5.74, 6) is 1.36. The van der Waals surface area contributed by atoms with E-state index in [1.807, 2.05) is 36.7 Å². The van der Waals surface area contributed by atoms with Gasteiger partial charge in [0.2, 0.25) is 5.91 Å². The lowest BCUT2D eigenvalue weighted by molar-refractivity contribution is -0.132. The summed E-state index contributed by atoms with van der Waals surface area (Å²) in [4.78, 5) is 18.9. The third-order valence-electron chi connectivity index (χ3n) is 4.59. The molecule has 0 aromatic carbocycles. The van der Waals surface area contributed by atoms with E-state index in [0.29, 0.717) is 12.5 Å². The molecule has 124 valence electrons. The topological polar surface area (TPSA) is 56.0 Å². The number of carbonyl (C=O) groups is 1. The number of carbonyl (C=O) groups excluding carboxylic acids is 1. The van der Waals surface area contributed by atoms with Crippen LogP contribution in [0.3, 0.4) is 0 Å². The summed E-state index contributed by atoms with van der Waals surface area (Å²) in [7, 11) is 1.90. The van der Waals surface area contributed by atoms with Gasteiger partial charge in [0.1, 0.15) is 5.82 Å². The van der Waals surface area contributed by atoms with Gasteiger partial charge in [0, 0.05) is 51.6 Å². The Morgan fingerprint density at radius 1 is 1.43 bits per heavy atom. The number of rotatable bonds is 5. The van der Waals surface area contributed by atoms with E-state index in [9.17, 15) is 4.79 Å². The fraction of sp³-hybridized carbons (Fsp3) is 0.588. The van der Waals surface area contributed by atoms with Crippen molar-refractivity contribution in [2.45, 2.75) is 45.1 Å². The molecule has 0 radical (unpaired) electrons. The quantitative estimate of drug-likeness (QED) is 0.848. The smallest absolute Gasteiger partial charge is 0.222 e. The number of piperidine rings is 1. The average Bonchev–Trinajstić information content (AvgIpc) is 3.21. The van der Waals surface area contributed by atoms with E-state index in [4.69, 9.17) is 0 Å². The monoisotopic (exact) mass is 315 g/mol. The molecule has 1 amide bonds. The second kappa shape index (κ2) is 6.98. The molecule has 2 aromatic heterocycles. The molecule has 0 spiro atoms. The summed E-state index contributed by atoms with van der Waals surface area (Å²) in [6.45, 7) is 3.80. The van der Waals surface area contributed by atoms with Crippen LogP contribution in [0.25, 0.3) is 0 Å². The number of amides is 1. The minimum absolute atomic E-state index is 0.247. The Labute approximate surface area is 137 Å². The van der Waals surface area contributed by atoms with Gasteiger partial charge in [-0.2, -0.15) is 5.10 Å². The molecule has 1 atom stereocenters. The van der Waals surface area contributed by atoms with Crippen LogP contribution in [0.15, 0.2) is 24.8 Å². The second-order valence-corrected chi connectivity index (χ2v) is 6.26. The zero-order chi connectivity index (χ0) is 16.2. The van der Waals surface area contributed by atoms with Gasteiger partial charge in [-0.1, -0.05) is 6.92 Å². The van der Waals surface area contributed by atoms with E-state index in [0.717, 1.165) is 50.2 Å². The molecule has 2 aromatic rings. The highest BCUT2D eigenvalue weighted by Gasteiger charge is 2.25. The van der Waals surface area contributed by atoms with Crippen molar-refractivity contribution in [3.8, 4) is 0 Å². The van der Waals surface area contributed by atoms with Gasteiger partial charge < -0.3 is 9.47 Å². The molecule has 0 aliphatic carbocycles. The summed E-state index contributed by atoms with van der Waals surface area (Å²) >= 11 is 0. The van der Waals surface area contributed by atoms with Gasteiger partial charge in [-0.25, -0.2) is 4.98 Å². The van der Waals surface area contributed by atoms with Crippen molar-refractivity contribution in [2.24, 2.45) is 7.05 Å². The summed E-state index contributed by atoms with van der Waals surface area (Å²) < 4.78 is 4.03. The van der Waals surface area contributed by atoms with Crippen LogP contribution in [0.5, 0.6) is 0 Å². The first kappa shape index (κ1) is 15.8. The number of aromatic nitrogens is 4. The molecule has 3 heterocycles. The lowest BCUT2D eigenvalue weighted by atomic mass is 10.0. The first-order chi connectivity index (χ1) is 11.2. The van der Waals surface area contributed by atoms with Crippen LogP contribution in [-0.4, -0.2) is 43.2 Å². The maximum atomic E-state index is 12.5. The molecular weight excluding hydrogens is 290 g/mol. The predicted octanol–water partition coefficient (Wildman–Crippen LogP) is 1.98. The molecule has 0 bridgehead atoms. The molecule has 6 nitrogen and oxygen atoms in total. The second-order valence-electron chi connectivity index (χ2n) is 6.26. The zero-order valence-electron chi connectivity index (χ0n) is 14.0. The van der Waals surface area contributed by atoms with Gasteiger partial charge in [-0.3, -0.25) is 9.48 Å². The minimum atomic E-state index is 0.247. The summed E-state index contributed by atoms with van der Waals surface area (Å²) in [6, 6.07) is 0.364. The standard InChI is InChI=1S/C17H25N5O/c1-3-16-18-8-10-22(16)15-5-4-9-21(13-15)17(23)7-6-14-11-19-20(2)12-14/h8,10-12,15H,3-7,9,13H2,1-2H3/t15-/m0/s1. The van der Waals surface area contributed by atoms with Crippen molar-refractivity contribution in [1.29, 1.82) is 0 Å². The van der Waals surface area contributed by atoms with Crippen LogP contribution in [0, 0.1) is 0 Å². The fourth-order valence-electron chi connectivity index (χ4n) is 3.37. The number of hydrogen-bond donors (Lipinski definition) is 0. The van der Waals surface area contributed by atoms with Gasteiger partial charge in [-0.05, 0) is 24.8 Å².